The molecule has 1 unspecified atom stereocenters. The third-order valence-electron chi connectivity index (χ3n) is 3.43. The molecule has 0 aliphatic heterocycles. The lowest BCUT2D eigenvalue weighted by Gasteiger charge is -2.18. The highest BCUT2D eigenvalue weighted by Gasteiger charge is 2.09. The van der Waals surface area contributed by atoms with Crippen LogP contribution in [0.3, 0.4) is 0 Å². The Kier molecular flexibility index (Phi) is 7.00. The lowest BCUT2D eigenvalue weighted by atomic mass is 10.2. The minimum Gasteiger partial charge on any atom is -0.486 e. The van der Waals surface area contributed by atoms with Crippen LogP contribution in [-0.2, 0) is 6.54 Å². The molecule has 0 saturated heterocycles. The minimum atomic E-state index is -0.375. The van der Waals surface area contributed by atoms with E-state index in [1.54, 1.807) is 38.6 Å². The molecular formula is C18H23FN4O2. The normalized spacial score (nSPS) is 12.4. The Balaban J connectivity index is 1.83. The number of ether oxygens (including phenoxy) is 2. The fourth-order valence-electron chi connectivity index (χ4n) is 2.18. The van der Waals surface area contributed by atoms with E-state index in [2.05, 4.69) is 20.6 Å². The highest BCUT2D eigenvalue weighted by Crippen LogP contribution is 2.16. The van der Waals surface area contributed by atoms with E-state index in [-0.39, 0.29) is 17.7 Å². The third kappa shape index (κ3) is 5.63. The van der Waals surface area contributed by atoms with Gasteiger partial charge in [0.05, 0.1) is 13.7 Å². The zero-order valence-corrected chi connectivity index (χ0v) is 14.6. The van der Waals surface area contributed by atoms with Crippen LogP contribution in [0.15, 0.2) is 47.6 Å². The molecule has 2 aromatic rings. The van der Waals surface area contributed by atoms with Crippen molar-refractivity contribution in [1.29, 1.82) is 0 Å². The summed E-state index contributed by atoms with van der Waals surface area (Å²) in [5.41, 5.74) is 0.920. The van der Waals surface area contributed by atoms with Crippen molar-refractivity contribution in [2.75, 3.05) is 20.7 Å². The van der Waals surface area contributed by atoms with E-state index >= 15 is 0 Å². The smallest absolute Gasteiger partial charge is 0.218 e. The van der Waals surface area contributed by atoms with Crippen LogP contribution in [-0.4, -0.2) is 37.7 Å². The number of benzene rings is 1. The molecule has 0 saturated carbocycles. The van der Waals surface area contributed by atoms with Crippen molar-refractivity contribution in [2.45, 2.75) is 19.6 Å². The molecular weight excluding hydrogens is 323 g/mol. The predicted molar refractivity (Wildman–Crippen MR) is 95.5 cm³/mol. The Morgan fingerprint density at radius 2 is 2.04 bits per heavy atom. The molecule has 1 heterocycles. The number of hydrogen-bond acceptors (Lipinski definition) is 4. The number of rotatable bonds is 7. The third-order valence-corrected chi connectivity index (χ3v) is 3.43. The van der Waals surface area contributed by atoms with Gasteiger partial charge < -0.3 is 20.1 Å². The zero-order chi connectivity index (χ0) is 18.1. The minimum absolute atomic E-state index is 0.233. The van der Waals surface area contributed by atoms with Gasteiger partial charge in [-0.3, -0.25) is 4.99 Å². The average Bonchev–Trinajstić information content (AvgIpc) is 2.64. The molecule has 2 rings (SSSR count). The molecule has 1 aromatic carbocycles. The average molecular weight is 346 g/mol. The first kappa shape index (κ1) is 18.5. The van der Waals surface area contributed by atoms with Crippen molar-refractivity contribution in [3.8, 4) is 11.6 Å². The van der Waals surface area contributed by atoms with Crippen molar-refractivity contribution in [1.82, 2.24) is 15.6 Å². The molecule has 0 aliphatic rings. The van der Waals surface area contributed by atoms with Crippen LogP contribution in [0.2, 0.25) is 0 Å². The summed E-state index contributed by atoms with van der Waals surface area (Å²) in [4.78, 5) is 8.31. The maximum absolute atomic E-state index is 13.6. The molecule has 0 aliphatic carbocycles. The van der Waals surface area contributed by atoms with Crippen LogP contribution >= 0.6 is 0 Å². The summed E-state index contributed by atoms with van der Waals surface area (Å²) < 4.78 is 24.4. The number of pyridine rings is 1. The highest BCUT2D eigenvalue weighted by molar-refractivity contribution is 5.79. The molecule has 7 heteroatoms. The number of aliphatic imine (C=N–C) groups is 1. The second-order valence-corrected chi connectivity index (χ2v) is 5.34. The maximum atomic E-state index is 13.6. The van der Waals surface area contributed by atoms with E-state index in [1.165, 1.54) is 6.07 Å². The van der Waals surface area contributed by atoms with Gasteiger partial charge in [-0.15, -0.1) is 0 Å². The first-order valence-electron chi connectivity index (χ1n) is 7.97. The van der Waals surface area contributed by atoms with Crippen LogP contribution in [0, 0.1) is 5.82 Å². The summed E-state index contributed by atoms with van der Waals surface area (Å²) in [5, 5.41) is 6.33. The Morgan fingerprint density at radius 3 is 2.76 bits per heavy atom. The number of hydrogen-bond donors (Lipinski definition) is 2. The molecule has 0 spiro atoms. The number of para-hydroxylation sites is 1. The lowest BCUT2D eigenvalue weighted by Crippen LogP contribution is -2.41. The van der Waals surface area contributed by atoms with Gasteiger partial charge in [-0.05, 0) is 25.1 Å². The number of guanidine groups is 1. The Labute approximate surface area is 147 Å². The van der Waals surface area contributed by atoms with Gasteiger partial charge in [0.2, 0.25) is 5.88 Å². The summed E-state index contributed by atoms with van der Waals surface area (Å²) in [6.45, 7) is 2.84. The van der Waals surface area contributed by atoms with Crippen molar-refractivity contribution < 1.29 is 13.9 Å². The fourth-order valence-corrected chi connectivity index (χ4v) is 2.18. The Morgan fingerprint density at radius 1 is 1.24 bits per heavy atom. The van der Waals surface area contributed by atoms with Gasteiger partial charge in [-0.25, -0.2) is 9.37 Å². The van der Waals surface area contributed by atoms with Crippen LogP contribution in [0.1, 0.15) is 12.5 Å². The quantitative estimate of drug-likeness (QED) is 0.595. The van der Waals surface area contributed by atoms with Gasteiger partial charge in [-0.1, -0.05) is 18.2 Å². The number of methoxy groups -OCH3 is 1. The summed E-state index contributed by atoms with van der Waals surface area (Å²) in [5.74, 6) is 1.04. The predicted octanol–water partition coefficient (Wildman–Crippen LogP) is 2.36. The number of aromatic nitrogens is 1. The van der Waals surface area contributed by atoms with Crippen LogP contribution in [0.4, 0.5) is 4.39 Å². The zero-order valence-electron chi connectivity index (χ0n) is 14.6. The van der Waals surface area contributed by atoms with E-state index in [4.69, 9.17) is 9.47 Å². The fraction of sp³-hybridized carbons (Fsp3) is 0.333. The summed E-state index contributed by atoms with van der Waals surface area (Å²) >= 11 is 0. The van der Waals surface area contributed by atoms with E-state index in [0.717, 1.165) is 5.56 Å². The molecule has 1 aromatic heterocycles. The molecule has 0 radical (unpaired) electrons. The van der Waals surface area contributed by atoms with E-state index in [0.29, 0.717) is 24.9 Å². The maximum Gasteiger partial charge on any atom is 0.218 e. The topological polar surface area (TPSA) is 67.8 Å². The first-order valence-corrected chi connectivity index (χ1v) is 7.97. The van der Waals surface area contributed by atoms with E-state index in [9.17, 15) is 4.39 Å². The second-order valence-electron chi connectivity index (χ2n) is 5.34. The number of nitrogens with one attached hydrogen (secondary N) is 2. The van der Waals surface area contributed by atoms with Crippen LogP contribution < -0.4 is 20.1 Å². The summed E-state index contributed by atoms with van der Waals surface area (Å²) in [7, 11) is 3.26. The van der Waals surface area contributed by atoms with Gasteiger partial charge in [-0.2, -0.15) is 0 Å². The Hall–Kier alpha value is -2.83. The van der Waals surface area contributed by atoms with Gasteiger partial charge in [0, 0.05) is 25.4 Å². The van der Waals surface area contributed by atoms with Crippen LogP contribution in [0.5, 0.6) is 11.6 Å². The summed E-state index contributed by atoms with van der Waals surface area (Å²) in [6, 6.07) is 10.1. The molecule has 6 nitrogen and oxygen atoms in total. The molecule has 1 atom stereocenters. The molecule has 25 heavy (non-hydrogen) atoms. The van der Waals surface area contributed by atoms with E-state index in [1.807, 2.05) is 19.1 Å². The molecule has 2 N–H and O–H groups in total. The van der Waals surface area contributed by atoms with Crippen molar-refractivity contribution in [2.24, 2.45) is 4.99 Å². The largest absolute Gasteiger partial charge is 0.486 e. The van der Waals surface area contributed by atoms with Gasteiger partial charge in [0.25, 0.3) is 0 Å². The van der Waals surface area contributed by atoms with Gasteiger partial charge in [0.1, 0.15) is 6.10 Å². The molecule has 0 fully saturated rings. The van der Waals surface area contributed by atoms with E-state index < -0.39 is 0 Å². The Bertz CT molecular complexity index is 709. The highest BCUT2D eigenvalue weighted by atomic mass is 19.1. The number of halogens is 1. The first-order chi connectivity index (χ1) is 12.1. The van der Waals surface area contributed by atoms with Gasteiger partial charge in [0.15, 0.2) is 17.5 Å². The lowest BCUT2D eigenvalue weighted by molar-refractivity contribution is 0.214. The second kappa shape index (κ2) is 9.46. The molecule has 0 amide bonds. The summed E-state index contributed by atoms with van der Waals surface area (Å²) in [6.07, 6.45) is 1.44. The van der Waals surface area contributed by atoms with Crippen molar-refractivity contribution >= 4 is 5.96 Å². The van der Waals surface area contributed by atoms with Crippen LogP contribution in [0.25, 0.3) is 0 Å². The number of nitrogens with zero attached hydrogens (tertiary/aromatic N) is 2. The standard InChI is InChI=1S/C18H23FN4O2/c1-13(25-16-9-5-4-8-15(16)19)11-22-18(20-2)23-12-14-7-6-10-21-17(14)24-3/h4-10,13H,11-12H2,1-3H3,(H2,20,22,23). The monoisotopic (exact) mass is 346 g/mol. The SMILES string of the molecule is CN=C(NCc1cccnc1OC)NCC(C)Oc1ccccc1F. The molecule has 0 bridgehead atoms. The van der Waals surface area contributed by atoms with Crippen molar-refractivity contribution in [3.05, 3.63) is 54.0 Å². The van der Waals surface area contributed by atoms with Gasteiger partial charge >= 0.3 is 0 Å². The van der Waals surface area contributed by atoms with Crippen molar-refractivity contribution in [3.63, 3.8) is 0 Å². The molecule has 134 valence electrons.